The highest BCUT2D eigenvalue weighted by Crippen LogP contribution is 2.35. The number of carbonyl (C=O) groups is 1. The maximum Gasteiger partial charge on any atom is 0.255 e. The van der Waals surface area contributed by atoms with Gasteiger partial charge in [-0.2, -0.15) is 10.1 Å². The van der Waals surface area contributed by atoms with E-state index in [0.717, 1.165) is 22.6 Å². The summed E-state index contributed by atoms with van der Waals surface area (Å²) in [5.74, 6) is 1.16. The molecule has 1 amide bonds. The van der Waals surface area contributed by atoms with Gasteiger partial charge in [-0.15, -0.1) is 0 Å². The summed E-state index contributed by atoms with van der Waals surface area (Å²) in [6.45, 7) is 3.91. The van der Waals surface area contributed by atoms with E-state index >= 15 is 0 Å². The number of amides is 1. The first-order valence-electron chi connectivity index (χ1n) is 8.96. The van der Waals surface area contributed by atoms with Crippen molar-refractivity contribution >= 4 is 17.5 Å². The van der Waals surface area contributed by atoms with Gasteiger partial charge in [0.15, 0.2) is 0 Å². The van der Waals surface area contributed by atoms with Crippen LogP contribution in [0.4, 0.5) is 11.6 Å². The first-order chi connectivity index (χ1) is 13.6. The average Bonchev–Trinajstić information content (AvgIpc) is 3.16. The Morgan fingerprint density at radius 3 is 2.50 bits per heavy atom. The van der Waals surface area contributed by atoms with Crippen molar-refractivity contribution in [1.29, 1.82) is 0 Å². The minimum Gasteiger partial charge on any atom is -0.497 e. The number of ether oxygens (including phenoxy) is 1. The SMILES string of the molecule is COc1ccc(NC(=O)C2=C(C)Nc3ncnn3[C@@H]2c2ccc(C)cc2)cc1. The molecule has 7 heteroatoms. The van der Waals surface area contributed by atoms with E-state index in [0.29, 0.717) is 17.2 Å². The van der Waals surface area contributed by atoms with E-state index in [4.69, 9.17) is 4.74 Å². The maximum absolute atomic E-state index is 13.2. The highest BCUT2D eigenvalue weighted by Gasteiger charge is 2.33. The summed E-state index contributed by atoms with van der Waals surface area (Å²) < 4.78 is 6.91. The van der Waals surface area contributed by atoms with Crippen molar-refractivity contribution in [1.82, 2.24) is 14.8 Å². The molecule has 4 rings (SSSR count). The Bertz CT molecular complexity index is 1040. The van der Waals surface area contributed by atoms with Gasteiger partial charge in [-0.1, -0.05) is 29.8 Å². The molecule has 0 unspecified atom stereocenters. The molecule has 0 radical (unpaired) electrons. The Labute approximate surface area is 163 Å². The molecule has 28 heavy (non-hydrogen) atoms. The topological polar surface area (TPSA) is 81.1 Å². The quantitative estimate of drug-likeness (QED) is 0.729. The van der Waals surface area contributed by atoms with Crippen LogP contribution in [0.5, 0.6) is 5.75 Å². The molecule has 2 heterocycles. The highest BCUT2D eigenvalue weighted by atomic mass is 16.5. The van der Waals surface area contributed by atoms with Crippen molar-refractivity contribution < 1.29 is 9.53 Å². The lowest BCUT2D eigenvalue weighted by Gasteiger charge is -2.28. The van der Waals surface area contributed by atoms with Crippen molar-refractivity contribution in [3.63, 3.8) is 0 Å². The maximum atomic E-state index is 13.2. The molecule has 1 aromatic heterocycles. The minimum atomic E-state index is -0.363. The molecule has 1 aliphatic heterocycles. The second-order valence-corrected chi connectivity index (χ2v) is 6.69. The molecule has 0 saturated carbocycles. The molecule has 2 N–H and O–H groups in total. The summed E-state index contributed by atoms with van der Waals surface area (Å²) in [5, 5.41) is 10.5. The summed E-state index contributed by atoms with van der Waals surface area (Å²) in [5.41, 5.74) is 4.16. The van der Waals surface area contributed by atoms with Gasteiger partial charge in [0.2, 0.25) is 5.95 Å². The van der Waals surface area contributed by atoms with E-state index in [9.17, 15) is 4.79 Å². The second-order valence-electron chi connectivity index (χ2n) is 6.69. The first kappa shape index (κ1) is 17.8. The van der Waals surface area contributed by atoms with Gasteiger partial charge < -0.3 is 15.4 Å². The molecule has 1 atom stereocenters. The normalized spacial score (nSPS) is 15.6. The molecule has 7 nitrogen and oxygen atoms in total. The predicted molar refractivity (Wildman–Crippen MR) is 107 cm³/mol. The van der Waals surface area contributed by atoms with Crippen LogP contribution in [-0.2, 0) is 4.79 Å². The molecule has 1 aliphatic rings. The largest absolute Gasteiger partial charge is 0.497 e. The molecule has 3 aromatic rings. The molecular formula is C21H21N5O2. The Morgan fingerprint density at radius 1 is 1.11 bits per heavy atom. The van der Waals surface area contributed by atoms with Crippen molar-refractivity contribution in [3.05, 3.63) is 77.3 Å². The highest BCUT2D eigenvalue weighted by molar-refractivity contribution is 6.06. The van der Waals surface area contributed by atoms with E-state index < -0.39 is 0 Å². The van der Waals surface area contributed by atoms with E-state index in [2.05, 4.69) is 20.7 Å². The lowest BCUT2D eigenvalue weighted by Crippen LogP contribution is -2.31. The predicted octanol–water partition coefficient (Wildman–Crippen LogP) is 3.52. The molecule has 2 aromatic carbocycles. The van der Waals surface area contributed by atoms with Crippen molar-refractivity contribution in [2.75, 3.05) is 17.7 Å². The lowest BCUT2D eigenvalue weighted by molar-refractivity contribution is -0.113. The fourth-order valence-electron chi connectivity index (χ4n) is 3.31. The zero-order valence-electron chi connectivity index (χ0n) is 15.9. The number of methoxy groups -OCH3 is 1. The smallest absolute Gasteiger partial charge is 0.255 e. The van der Waals surface area contributed by atoms with Crippen LogP contribution in [0.3, 0.4) is 0 Å². The molecule has 0 saturated heterocycles. The summed E-state index contributed by atoms with van der Waals surface area (Å²) in [4.78, 5) is 17.5. The molecular weight excluding hydrogens is 354 g/mol. The number of carbonyl (C=O) groups excluding carboxylic acids is 1. The number of hydrogen-bond donors (Lipinski definition) is 2. The van der Waals surface area contributed by atoms with E-state index in [1.807, 2.05) is 62.4 Å². The number of aryl methyl sites for hydroxylation is 1. The Morgan fingerprint density at radius 2 is 1.82 bits per heavy atom. The van der Waals surface area contributed by atoms with Crippen LogP contribution in [0.2, 0.25) is 0 Å². The third-order valence-electron chi connectivity index (χ3n) is 4.78. The number of anilines is 2. The van der Waals surface area contributed by atoms with Gasteiger partial charge in [0.25, 0.3) is 5.91 Å². The summed E-state index contributed by atoms with van der Waals surface area (Å²) in [6.07, 6.45) is 1.49. The van der Waals surface area contributed by atoms with Crippen LogP contribution in [0.25, 0.3) is 0 Å². The number of fused-ring (bicyclic) bond motifs is 1. The summed E-state index contributed by atoms with van der Waals surface area (Å²) in [7, 11) is 1.61. The van der Waals surface area contributed by atoms with Gasteiger partial charge >= 0.3 is 0 Å². The second kappa shape index (κ2) is 7.19. The van der Waals surface area contributed by atoms with Crippen LogP contribution < -0.4 is 15.4 Å². The Balaban J connectivity index is 1.71. The van der Waals surface area contributed by atoms with Crippen molar-refractivity contribution in [3.8, 4) is 5.75 Å². The van der Waals surface area contributed by atoms with Gasteiger partial charge in [-0.3, -0.25) is 4.79 Å². The van der Waals surface area contributed by atoms with E-state index in [1.54, 1.807) is 11.8 Å². The molecule has 0 bridgehead atoms. The fourth-order valence-corrected chi connectivity index (χ4v) is 3.31. The number of allylic oxidation sites excluding steroid dienone is 1. The van der Waals surface area contributed by atoms with Gasteiger partial charge in [0, 0.05) is 11.4 Å². The molecule has 0 aliphatic carbocycles. The van der Waals surface area contributed by atoms with Crippen molar-refractivity contribution in [2.45, 2.75) is 19.9 Å². The minimum absolute atomic E-state index is 0.193. The zero-order chi connectivity index (χ0) is 19.7. The summed E-state index contributed by atoms with van der Waals surface area (Å²) >= 11 is 0. The third-order valence-corrected chi connectivity index (χ3v) is 4.78. The van der Waals surface area contributed by atoms with Gasteiger partial charge in [-0.05, 0) is 43.7 Å². The zero-order valence-corrected chi connectivity index (χ0v) is 15.9. The van der Waals surface area contributed by atoms with Crippen LogP contribution in [0, 0.1) is 6.92 Å². The summed E-state index contributed by atoms with van der Waals surface area (Å²) in [6, 6.07) is 15.0. The number of benzene rings is 2. The van der Waals surface area contributed by atoms with Crippen molar-refractivity contribution in [2.24, 2.45) is 0 Å². The molecule has 0 spiro atoms. The first-order valence-corrected chi connectivity index (χ1v) is 8.96. The monoisotopic (exact) mass is 375 g/mol. The van der Waals surface area contributed by atoms with Gasteiger partial charge in [0.1, 0.15) is 18.1 Å². The van der Waals surface area contributed by atoms with Crippen LogP contribution in [0.1, 0.15) is 24.1 Å². The standard InChI is InChI=1S/C21H21N5O2/c1-13-4-6-15(7-5-13)19-18(14(2)24-21-22-12-23-26(19)21)20(27)25-16-8-10-17(28-3)11-9-16/h4-12,19H,1-3H3,(H,25,27)(H,22,23,24)/t19-/m1/s1. The molecule has 142 valence electrons. The van der Waals surface area contributed by atoms with Crippen LogP contribution in [0.15, 0.2) is 66.1 Å². The Kier molecular flexibility index (Phi) is 4.57. The number of rotatable bonds is 4. The van der Waals surface area contributed by atoms with Gasteiger partial charge in [-0.25, -0.2) is 4.68 Å². The molecule has 0 fully saturated rings. The fraction of sp³-hybridized carbons (Fsp3) is 0.190. The number of nitrogens with zero attached hydrogens (tertiary/aromatic N) is 3. The van der Waals surface area contributed by atoms with Crippen LogP contribution >= 0.6 is 0 Å². The average molecular weight is 375 g/mol. The third kappa shape index (κ3) is 3.22. The number of aromatic nitrogens is 3. The lowest BCUT2D eigenvalue weighted by atomic mass is 9.94. The van der Waals surface area contributed by atoms with Gasteiger partial charge in [0.05, 0.1) is 12.7 Å². The number of nitrogens with one attached hydrogen (secondary N) is 2. The van der Waals surface area contributed by atoms with E-state index in [-0.39, 0.29) is 11.9 Å². The van der Waals surface area contributed by atoms with Crippen LogP contribution in [-0.4, -0.2) is 27.8 Å². The number of hydrogen-bond acceptors (Lipinski definition) is 5. The Hall–Kier alpha value is -3.61. The van der Waals surface area contributed by atoms with E-state index in [1.165, 1.54) is 6.33 Å².